The van der Waals surface area contributed by atoms with Gasteiger partial charge in [-0.3, -0.25) is 9.69 Å². The molecule has 0 bridgehead atoms. The van der Waals surface area contributed by atoms with Gasteiger partial charge in [-0.05, 0) is 26.3 Å². The first-order chi connectivity index (χ1) is 8.49. The average molecular weight is 253 g/mol. The van der Waals surface area contributed by atoms with Gasteiger partial charge in [0.15, 0.2) is 0 Å². The molecule has 0 saturated heterocycles. The topological polar surface area (TPSA) is 97.3 Å². The predicted octanol–water partition coefficient (Wildman–Crippen LogP) is -0.324. The summed E-state index contributed by atoms with van der Waals surface area (Å²) in [5.74, 6) is 0.0240. The van der Waals surface area contributed by atoms with Crippen LogP contribution in [-0.4, -0.2) is 49.4 Å². The first-order valence-electron chi connectivity index (χ1n) is 6.10. The quantitative estimate of drug-likeness (QED) is 0.746. The summed E-state index contributed by atoms with van der Waals surface area (Å²) in [5, 5.41) is 16.8. The summed E-state index contributed by atoms with van der Waals surface area (Å²) in [6.07, 6.45) is 2.99. The van der Waals surface area contributed by atoms with E-state index in [1.165, 1.54) is 0 Å². The number of aliphatic carboxylic acids is 1. The van der Waals surface area contributed by atoms with E-state index in [9.17, 15) is 4.79 Å². The minimum atomic E-state index is -1.13. The van der Waals surface area contributed by atoms with E-state index in [1.54, 1.807) is 13.3 Å². The van der Waals surface area contributed by atoms with E-state index in [2.05, 4.69) is 15.1 Å². The Morgan fingerprint density at radius 3 is 3.11 bits per heavy atom. The minimum Gasteiger partial charge on any atom is -0.480 e. The molecule has 1 unspecified atom stereocenters. The SMILES string of the molecule is CC(N)(CCCN1CCn2cnnc2C1)C(=O)O. The van der Waals surface area contributed by atoms with Crippen LogP contribution in [0.3, 0.4) is 0 Å². The number of hydrogen-bond donors (Lipinski definition) is 2. The fourth-order valence-electron chi connectivity index (χ4n) is 2.08. The Kier molecular flexibility index (Phi) is 3.63. The number of nitrogens with zero attached hydrogens (tertiary/aromatic N) is 4. The van der Waals surface area contributed by atoms with E-state index < -0.39 is 11.5 Å². The molecule has 1 aromatic rings. The standard InChI is InChI=1S/C11H19N5O2/c1-11(12,10(17)18)3-2-4-15-5-6-16-8-13-14-9(16)7-15/h8H,2-7,12H2,1H3,(H,17,18). The van der Waals surface area contributed by atoms with Crippen LogP contribution in [0.5, 0.6) is 0 Å². The number of carboxylic acid groups (broad SMARTS) is 1. The van der Waals surface area contributed by atoms with Crippen LogP contribution in [0.25, 0.3) is 0 Å². The molecule has 1 aliphatic heterocycles. The van der Waals surface area contributed by atoms with Gasteiger partial charge in [-0.1, -0.05) is 0 Å². The van der Waals surface area contributed by atoms with Crippen LogP contribution < -0.4 is 5.73 Å². The summed E-state index contributed by atoms with van der Waals surface area (Å²) < 4.78 is 2.04. The maximum Gasteiger partial charge on any atom is 0.323 e. The zero-order valence-corrected chi connectivity index (χ0v) is 10.5. The Morgan fingerprint density at radius 2 is 2.39 bits per heavy atom. The second kappa shape index (κ2) is 5.03. The number of nitrogens with two attached hydrogens (primary N) is 1. The van der Waals surface area contributed by atoms with Crippen molar-refractivity contribution in [2.24, 2.45) is 5.73 Å². The lowest BCUT2D eigenvalue weighted by Crippen LogP contribution is -2.45. The van der Waals surface area contributed by atoms with E-state index >= 15 is 0 Å². The first-order valence-corrected chi connectivity index (χ1v) is 6.10. The highest BCUT2D eigenvalue weighted by molar-refractivity contribution is 5.77. The van der Waals surface area contributed by atoms with Gasteiger partial charge in [0, 0.05) is 13.1 Å². The Labute approximate surface area is 106 Å². The molecule has 0 amide bonds. The number of carboxylic acids is 1. The molecule has 7 nitrogen and oxygen atoms in total. The largest absolute Gasteiger partial charge is 0.480 e. The van der Waals surface area contributed by atoms with Crippen molar-refractivity contribution in [1.29, 1.82) is 0 Å². The number of carbonyl (C=O) groups is 1. The monoisotopic (exact) mass is 253 g/mol. The number of hydrogen-bond acceptors (Lipinski definition) is 5. The Bertz CT molecular complexity index is 429. The van der Waals surface area contributed by atoms with Crippen molar-refractivity contribution in [1.82, 2.24) is 19.7 Å². The highest BCUT2D eigenvalue weighted by Crippen LogP contribution is 2.13. The van der Waals surface area contributed by atoms with E-state index in [-0.39, 0.29) is 0 Å². The normalized spacial score (nSPS) is 19.2. The summed E-state index contributed by atoms with van der Waals surface area (Å²) in [5.41, 5.74) is 4.56. The zero-order valence-electron chi connectivity index (χ0n) is 10.5. The molecule has 0 radical (unpaired) electrons. The minimum absolute atomic E-state index is 0.478. The molecule has 18 heavy (non-hydrogen) atoms. The second-order valence-corrected chi connectivity index (χ2v) is 5.04. The van der Waals surface area contributed by atoms with Crippen LogP contribution in [0.2, 0.25) is 0 Å². The van der Waals surface area contributed by atoms with E-state index in [1.807, 2.05) is 4.57 Å². The van der Waals surface area contributed by atoms with Crippen molar-refractivity contribution in [3.63, 3.8) is 0 Å². The van der Waals surface area contributed by atoms with Crippen LogP contribution in [0.15, 0.2) is 6.33 Å². The fourth-order valence-corrected chi connectivity index (χ4v) is 2.08. The van der Waals surface area contributed by atoms with Crippen LogP contribution >= 0.6 is 0 Å². The van der Waals surface area contributed by atoms with Gasteiger partial charge in [-0.15, -0.1) is 10.2 Å². The second-order valence-electron chi connectivity index (χ2n) is 5.04. The van der Waals surface area contributed by atoms with Gasteiger partial charge in [-0.2, -0.15) is 0 Å². The third-order valence-electron chi connectivity index (χ3n) is 3.38. The summed E-state index contributed by atoms with van der Waals surface area (Å²) in [7, 11) is 0. The number of fused-ring (bicyclic) bond motifs is 1. The van der Waals surface area contributed by atoms with Crippen molar-refractivity contribution in [2.45, 2.75) is 38.4 Å². The molecular formula is C11H19N5O2. The highest BCUT2D eigenvalue weighted by atomic mass is 16.4. The molecule has 0 spiro atoms. The van der Waals surface area contributed by atoms with Crippen LogP contribution in [-0.2, 0) is 17.9 Å². The molecule has 7 heteroatoms. The third-order valence-corrected chi connectivity index (χ3v) is 3.38. The predicted molar refractivity (Wildman–Crippen MR) is 64.8 cm³/mol. The van der Waals surface area contributed by atoms with Gasteiger partial charge < -0.3 is 15.4 Å². The Balaban J connectivity index is 1.78. The average Bonchev–Trinajstić information content (AvgIpc) is 2.75. The van der Waals surface area contributed by atoms with Gasteiger partial charge in [0.25, 0.3) is 0 Å². The lowest BCUT2D eigenvalue weighted by molar-refractivity contribution is -0.142. The molecule has 1 atom stereocenters. The van der Waals surface area contributed by atoms with Crippen LogP contribution in [0, 0.1) is 0 Å². The Morgan fingerprint density at radius 1 is 1.61 bits per heavy atom. The molecule has 3 N–H and O–H groups in total. The summed E-state index contributed by atoms with van der Waals surface area (Å²) in [6, 6.07) is 0. The molecule has 1 aromatic heterocycles. The van der Waals surface area contributed by atoms with Gasteiger partial charge in [0.05, 0.1) is 6.54 Å². The van der Waals surface area contributed by atoms with Crippen molar-refractivity contribution >= 4 is 5.97 Å². The summed E-state index contributed by atoms with van der Waals surface area (Å²) >= 11 is 0. The number of rotatable bonds is 5. The summed E-state index contributed by atoms with van der Waals surface area (Å²) in [6.45, 7) is 5.00. The smallest absolute Gasteiger partial charge is 0.323 e. The summed E-state index contributed by atoms with van der Waals surface area (Å²) in [4.78, 5) is 13.1. The van der Waals surface area contributed by atoms with E-state index in [0.29, 0.717) is 6.42 Å². The maximum absolute atomic E-state index is 10.9. The lowest BCUT2D eigenvalue weighted by Gasteiger charge is -2.28. The molecule has 100 valence electrons. The highest BCUT2D eigenvalue weighted by Gasteiger charge is 2.27. The number of aromatic nitrogens is 3. The van der Waals surface area contributed by atoms with Crippen LogP contribution in [0.4, 0.5) is 0 Å². The maximum atomic E-state index is 10.9. The lowest BCUT2D eigenvalue weighted by atomic mass is 9.97. The third kappa shape index (κ3) is 2.85. The molecule has 1 aliphatic rings. The van der Waals surface area contributed by atoms with Gasteiger partial charge >= 0.3 is 5.97 Å². The van der Waals surface area contributed by atoms with Crippen molar-refractivity contribution < 1.29 is 9.90 Å². The van der Waals surface area contributed by atoms with E-state index in [4.69, 9.17) is 10.8 Å². The van der Waals surface area contributed by atoms with Crippen molar-refractivity contribution in [3.8, 4) is 0 Å². The van der Waals surface area contributed by atoms with Crippen molar-refractivity contribution in [3.05, 3.63) is 12.2 Å². The van der Waals surface area contributed by atoms with E-state index in [0.717, 1.165) is 38.4 Å². The van der Waals surface area contributed by atoms with Gasteiger partial charge in [0.2, 0.25) is 0 Å². The van der Waals surface area contributed by atoms with Gasteiger partial charge in [0.1, 0.15) is 17.7 Å². The molecule has 0 aromatic carbocycles. The molecule has 0 aliphatic carbocycles. The molecular weight excluding hydrogens is 234 g/mol. The zero-order chi connectivity index (χ0) is 13.2. The first kappa shape index (κ1) is 13.0. The molecule has 0 fully saturated rings. The van der Waals surface area contributed by atoms with Crippen molar-refractivity contribution in [2.75, 3.05) is 13.1 Å². The van der Waals surface area contributed by atoms with Gasteiger partial charge in [-0.25, -0.2) is 0 Å². The molecule has 0 saturated carbocycles. The van der Waals surface area contributed by atoms with Crippen LogP contribution in [0.1, 0.15) is 25.6 Å². The Hall–Kier alpha value is -1.47. The molecule has 2 rings (SSSR count). The molecule has 2 heterocycles. The fraction of sp³-hybridized carbons (Fsp3) is 0.727.